The van der Waals surface area contributed by atoms with Gasteiger partial charge in [0.1, 0.15) is 0 Å². The average molecular weight is 189 g/mol. The molecule has 0 fully saturated rings. The Balaban J connectivity index is -0.000000245. The summed E-state index contributed by atoms with van der Waals surface area (Å²) in [6.45, 7) is 3.10. The fourth-order valence-corrected chi connectivity index (χ4v) is 0.598. The number of hydrogen-bond donors (Lipinski definition) is 1. The molecule has 0 saturated carbocycles. The minimum absolute atomic E-state index is 0. The molecule has 0 amide bonds. The number of nitrogens with two attached hydrogens (primary N) is 1. The Hall–Kier alpha value is 0.500. The first-order valence-electron chi connectivity index (χ1n) is 3.07. The lowest BCUT2D eigenvalue weighted by Gasteiger charge is -2.13. The Kier molecular flexibility index (Phi) is 16.0. The lowest BCUT2D eigenvalue weighted by molar-refractivity contribution is 0.368. The molecule has 0 bridgehead atoms. The van der Waals surface area contributed by atoms with Crippen molar-refractivity contribution in [1.82, 2.24) is 4.90 Å². The predicted molar refractivity (Wildman–Crippen MR) is 51.3 cm³/mol. The van der Waals surface area contributed by atoms with Crippen molar-refractivity contribution in [3.63, 3.8) is 0 Å². The second-order valence-corrected chi connectivity index (χ2v) is 2.43. The summed E-state index contributed by atoms with van der Waals surface area (Å²) in [5, 5.41) is 0. The molecule has 0 aliphatic heterocycles. The highest BCUT2D eigenvalue weighted by Crippen LogP contribution is 1.86. The predicted octanol–water partition coefficient (Wildman–Crippen LogP) is 1.13. The summed E-state index contributed by atoms with van der Waals surface area (Å²) in [4.78, 5) is 2.11. The van der Waals surface area contributed by atoms with Crippen LogP contribution in [0.3, 0.4) is 0 Å². The van der Waals surface area contributed by atoms with Crippen LogP contribution >= 0.6 is 24.8 Å². The zero-order valence-corrected chi connectivity index (χ0v) is 8.47. The minimum atomic E-state index is 0. The minimum Gasteiger partial charge on any atom is -0.327 e. The Bertz CT molecular complexity index is 59.7. The van der Waals surface area contributed by atoms with E-state index in [1.807, 2.05) is 14.1 Å². The topological polar surface area (TPSA) is 29.3 Å². The largest absolute Gasteiger partial charge is 0.327 e. The maximum absolute atomic E-state index is 5.63. The average Bonchev–Trinajstić information content (AvgIpc) is 1.65. The van der Waals surface area contributed by atoms with E-state index in [0.29, 0.717) is 6.04 Å². The highest BCUT2D eigenvalue weighted by atomic mass is 35.5. The molecule has 2 N–H and O–H groups in total. The van der Waals surface area contributed by atoms with Crippen LogP contribution in [-0.4, -0.2) is 31.6 Å². The molecule has 1 atom stereocenters. The third-order valence-electron chi connectivity index (χ3n) is 1.12. The molecule has 0 spiro atoms. The Morgan fingerprint density at radius 1 is 1.30 bits per heavy atom. The zero-order chi connectivity index (χ0) is 6.57. The van der Waals surface area contributed by atoms with E-state index in [1.165, 1.54) is 0 Å². The summed E-state index contributed by atoms with van der Waals surface area (Å²) in [5.41, 5.74) is 5.63. The molecule has 0 aliphatic rings. The summed E-state index contributed by atoms with van der Waals surface area (Å²) in [6.07, 6.45) is 1.07. The third kappa shape index (κ3) is 11.3. The SMILES string of the molecule is CC[C@H](N)CN(C)C.Cl.Cl. The van der Waals surface area contributed by atoms with Gasteiger partial charge in [-0.3, -0.25) is 0 Å². The number of nitrogens with zero attached hydrogens (tertiary/aromatic N) is 1. The van der Waals surface area contributed by atoms with Crippen molar-refractivity contribution >= 4 is 24.8 Å². The van der Waals surface area contributed by atoms with Crippen LogP contribution < -0.4 is 5.73 Å². The highest BCUT2D eigenvalue weighted by Gasteiger charge is 1.97. The van der Waals surface area contributed by atoms with Crippen LogP contribution in [0.15, 0.2) is 0 Å². The van der Waals surface area contributed by atoms with Gasteiger partial charge in [-0.15, -0.1) is 24.8 Å². The van der Waals surface area contributed by atoms with Crippen LogP contribution in [0.2, 0.25) is 0 Å². The molecule has 0 rings (SSSR count). The molecule has 0 saturated heterocycles. The summed E-state index contributed by atoms with van der Waals surface area (Å²) < 4.78 is 0. The van der Waals surface area contributed by atoms with Gasteiger partial charge in [-0.25, -0.2) is 0 Å². The molecular weight excluding hydrogens is 171 g/mol. The molecule has 0 aromatic carbocycles. The van der Waals surface area contributed by atoms with Gasteiger partial charge in [-0.2, -0.15) is 0 Å². The first kappa shape index (κ1) is 16.8. The van der Waals surface area contributed by atoms with E-state index in [9.17, 15) is 0 Å². The molecule has 0 radical (unpaired) electrons. The molecule has 0 unspecified atom stereocenters. The second-order valence-electron chi connectivity index (χ2n) is 2.43. The normalized spacial score (nSPS) is 11.7. The summed E-state index contributed by atoms with van der Waals surface area (Å²) in [6, 6.07) is 0.352. The Morgan fingerprint density at radius 3 is 1.80 bits per heavy atom. The van der Waals surface area contributed by atoms with Gasteiger partial charge in [0.25, 0.3) is 0 Å². The van der Waals surface area contributed by atoms with E-state index in [1.54, 1.807) is 0 Å². The van der Waals surface area contributed by atoms with Crippen molar-refractivity contribution in [2.24, 2.45) is 5.73 Å². The van der Waals surface area contributed by atoms with E-state index in [4.69, 9.17) is 5.73 Å². The fraction of sp³-hybridized carbons (Fsp3) is 1.00. The van der Waals surface area contributed by atoms with Gasteiger partial charge >= 0.3 is 0 Å². The van der Waals surface area contributed by atoms with Gasteiger partial charge in [0.2, 0.25) is 0 Å². The Labute approximate surface area is 76.0 Å². The first-order chi connectivity index (χ1) is 3.66. The van der Waals surface area contributed by atoms with E-state index in [-0.39, 0.29) is 24.8 Å². The lowest BCUT2D eigenvalue weighted by Crippen LogP contribution is -2.32. The maximum atomic E-state index is 5.63. The van der Waals surface area contributed by atoms with Gasteiger partial charge < -0.3 is 10.6 Å². The van der Waals surface area contributed by atoms with Gasteiger partial charge in [0, 0.05) is 12.6 Å². The maximum Gasteiger partial charge on any atom is 0.0164 e. The number of rotatable bonds is 3. The van der Waals surface area contributed by atoms with Crippen LogP contribution in [0.4, 0.5) is 0 Å². The fourth-order valence-electron chi connectivity index (χ4n) is 0.598. The molecule has 4 heteroatoms. The molecule has 0 aliphatic carbocycles. The third-order valence-corrected chi connectivity index (χ3v) is 1.12. The van der Waals surface area contributed by atoms with Crippen molar-refractivity contribution in [2.45, 2.75) is 19.4 Å². The quantitative estimate of drug-likeness (QED) is 0.721. The van der Waals surface area contributed by atoms with Crippen LogP contribution in [-0.2, 0) is 0 Å². The molecular formula is C6H18Cl2N2. The van der Waals surface area contributed by atoms with E-state index < -0.39 is 0 Å². The monoisotopic (exact) mass is 188 g/mol. The van der Waals surface area contributed by atoms with E-state index in [0.717, 1.165) is 13.0 Å². The molecule has 0 heterocycles. The zero-order valence-electron chi connectivity index (χ0n) is 6.83. The van der Waals surface area contributed by atoms with Crippen molar-refractivity contribution in [1.29, 1.82) is 0 Å². The van der Waals surface area contributed by atoms with Crippen LogP contribution in [0, 0.1) is 0 Å². The molecule has 2 nitrogen and oxygen atoms in total. The molecule has 0 aromatic rings. The molecule has 10 heavy (non-hydrogen) atoms. The second kappa shape index (κ2) is 9.50. The van der Waals surface area contributed by atoms with Crippen LogP contribution in [0.5, 0.6) is 0 Å². The first-order valence-corrected chi connectivity index (χ1v) is 3.07. The van der Waals surface area contributed by atoms with Crippen molar-refractivity contribution in [3.8, 4) is 0 Å². The van der Waals surface area contributed by atoms with Crippen molar-refractivity contribution < 1.29 is 0 Å². The van der Waals surface area contributed by atoms with E-state index in [2.05, 4.69) is 11.8 Å². The van der Waals surface area contributed by atoms with Crippen LogP contribution in [0.25, 0.3) is 0 Å². The van der Waals surface area contributed by atoms with Crippen LogP contribution in [0.1, 0.15) is 13.3 Å². The summed E-state index contributed by atoms with van der Waals surface area (Å²) in [5.74, 6) is 0. The van der Waals surface area contributed by atoms with Crippen molar-refractivity contribution in [3.05, 3.63) is 0 Å². The number of halogens is 2. The van der Waals surface area contributed by atoms with Gasteiger partial charge in [-0.05, 0) is 20.5 Å². The highest BCUT2D eigenvalue weighted by molar-refractivity contribution is 5.85. The standard InChI is InChI=1S/C6H16N2.2ClH/c1-4-6(7)5-8(2)3;;/h6H,4-5,7H2,1-3H3;2*1H/t6-;;/m0../s1. The summed E-state index contributed by atoms with van der Waals surface area (Å²) in [7, 11) is 4.07. The summed E-state index contributed by atoms with van der Waals surface area (Å²) >= 11 is 0. The molecule has 0 aromatic heterocycles. The van der Waals surface area contributed by atoms with Crippen molar-refractivity contribution in [2.75, 3.05) is 20.6 Å². The van der Waals surface area contributed by atoms with Gasteiger partial charge in [-0.1, -0.05) is 6.92 Å². The van der Waals surface area contributed by atoms with Gasteiger partial charge in [0.05, 0.1) is 0 Å². The van der Waals surface area contributed by atoms with E-state index >= 15 is 0 Å². The number of likely N-dealkylation sites (N-methyl/N-ethyl adjacent to an activating group) is 1. The number of hydrogen-bond acceptors (Lipinski definition) is 2. The van der Waals surface area contributed by atoms with Gasteiger partial charge in [0.15, 0.2) is 0 Å². The smallest absolute Gasteiger partial charge is 0.0164 e. The lowest BCUT2D eigenvalue weighted by atomic mass is 10.2. The molecule has 66 valence electrons. The Morgan fingerprint density at radius 2 is 1.70 bits per heavy atom.